The zero-order chi connectivity index (χ0) is 19.1. The molecule has 0 spiro atoms. The maximum Gasteiger partial charge on any atom is 0.318 e. The third kappa shape index (κ3) is 5.05. The largest absolute Gasteiger partial charge is 0.328 e. The second kappa shape index (κ2) is 9.48. The number of hydrogen-bond donors (Lipinski definition) is 1. The van der Waals surface area contributed by atoms with Crippen molar-refractivity contribution in [2.75, 3.05) is 0 Å². The Morgan fingerprint density at radius 3 is 2.89 bits per heavy atom. The van der Waals surface area contributed by atoms with E-state index in [4.69, 9.17) is 0 Å². The molecule has 0 bridgehead atoms. The number of nitrogens with zero attached hydrogens (tertiary/aromatic N) is 5. The molecule has 3 rings (SSSR count). The van der Waals surface area contributed by atoms with Crippen LogP contribution in [0.15, 0.2) is 30.9 Å². The van der Waals surface area contributed by atoms with Crippen molar-refractivity contribution >= 4 is 6.03 Å². The predicted octanol–water partition coefficient (Wildman–Crippen LogP) is 3.69. The number of aryl methyl sites for hydroxylation is 1. The molecule has 2 aromatic heterocycles. The first-order valence-corrected chi connectivity index (χ1v) is 10.0. The molecule has 2 heterocycles. The number of pyridine rings is 1. The van der Waals surface area contributed by atoms with Crippen molar-refractivity contribution in [3.05, 3.63) is 42.2 Å². The highest BCUT2D eigenvalue weighted by atomic mass is 16.2. The highest BCUT2D eigenvalue weighted by Crippen LogP contribution is 2.24. The van der Waals surface area contributed by atoms with Crippen LogP contribution < -0.4 is 5.32 Å². The first kappa shape index (κ1) is 19.3. The number of carbonyl (C=O) groups is 1. The van der Waals surface area contributed by atoms with Gasteiger partial charge in [0.2, 0.25) is 0 Å². The van der Waals surface area contributed by atoms with E-state index in [-0.39, 0.29) is 18.1 Å². The summed E-state index contributed by atoms with van der Waals surface area (Å²) in [5, 5.41) is 11.4. The van der Waals surface area contributed by atoms with Gasteiger partial charge in [0.05, 0.1) is 6.04 Å². The van der Waals surface area contributed by atoms with Crippen LogP contribution in [0.1, 0.15) is 69.8 Å². The SMILES string of the molecule is CCCn1cnnc1C(C)NC(=O)N(Cc1cccnc1)C1CCCCC1. The number of hydrogen-bond acceptors (Lipinski definition) is 4. The van der Waals surface area contributed by atoms with Gasteiger partial charge >= 0.3 is 6.03 Å². The van der Waals surface area contributed by atoms with Crippen molar-refractivity contribution in [1.29, 1.82) is 0 Å². The van der Waals surface area contributed by atoms with Gasteiger partial charge in [0.1, 0.15) is 6.33 Å². The van der Waals surface area contributed by atoms with E-state index in [9.17, 15) is 4.79 Å². The van der Waals surface area contributed by atoms with Gasteiger partial charge in [-0.2, -0.15) is 0 Å². The summed E-state index contributed by atoms with van der Waals surface area (Å²) in [6.07, 6.45) is 12.1. The zero-order valence-electron chi connectivity index (χ0n) is 16.3. The monoisotopic (exact) mass is 370 g/mol. The van der Waals surface area contributed by atoms with Crippen LogP contribution in [0.3, 0.4) is 0 Å². The lowest BCUT2D eigenvalue weighted by Crippen LogP contribution is -2.47. The smallest absolute Gasteiger partial charge is 0.318 e. The fourth-order valence-electron chi connectivity index (χ4n) is 3.79. The van der Waals surface area contributed by atoms with Crippen LogP contribution in [-0.4, -0.2) is 36.7 Å². The molecule has 1 N–H and O–H groups in total. The van der Waals surface area contributed by atoms with Gasteiger partial charge in [0.25, 0.3) is 0 Å². The van der Waals surface area contributed by atoms with E-state index in [0.717, 1.165) is 37.2 Å². The summed E-state index contributed by atoms with van der Waals surface area (Å²) >= 11 is 0. The van der Waals surface area contributed by atoms with Gasteiger partial charge in [-0.05, 0) is 37.8 Å². The zero-order valence-corrected chi connectivity index (χ0v) is 16.3. The Kier molecular flexibility index (Phi) is 6.79. The number of aromatic nitrogens is 4. The average molecular weight is 371 g/mol. The Bertz CT molecular complexity index is 710. The van der Waals surface area contributed by atoms with Crippen molar-refractivity contribution in [1.82, 2.24) is 30.0 Å². The molecule has 0 aromatic carbocycles. The molecule has 0 aliphatic heterocycles. The van der Waals surface area contributed by atoms with Gasteiger partial charge < -0.3 is 14.8 Å². The van der Waals surface area contributed by atoms with Gasteiger partial charge in [-0.25, -0.2) is 4.79 Å². The minimum atomic E-state index is -0.188. The second-order valence-corrected chi connectivity index (χ2v) is 7.33. The van der Waals surface area contributed by atoms with E-state index in [2.05, 4.69) is 27.4 Å². The summed E-state index contributed by atoms with van der Waals surface area (Å²) in [7, 11) is 0. The standard InChI is InChI=1S/C20H30N6O/c1-3-12-25-15-22-24-19(25)16(2)23-20(27)26(18-9-5-4-6-10-18)14-17-8-7-11-21-13-17/h7-8,11,13,15-16,18H,3-6,9-10,12,14H2,1-2H3,(H,23,27). The van der Waals surface area contributed by atoms with Gasteiger partial charge in [-0.15, -0.1) is 10.2 Å². The molecule has 1 aliphatic carbocycles. The normalized spacial score (nSPS) is 16.1. The van der Waals surface area contributed by atoms with Crippen LogP contribution in [-0.2, 0) is 13.1 Å². The van der Waals surface area contributed by atoms with Crippen LogP contribution in [0.2, 0.25) is 0 Å². The molecular formula is C20H30N6O. The Morgan fingerprint density at radius 2 is 2.19 bits per heavy atom. The van der Waals surface area contributed by atoms with E-state index in [1.807, 2.05) is 34.7 Å². The molecule has 7 nitrogen and oxygen atoms in total. The van der Waals surface area contributed by atoms with Crippen molar-refractivity contribution < 1.29 is 4.79 Å². The van der Waals surface area contributed by atoms with E-state index >= 15 is 0 Å². The third-order valence-corrected chi connectivity index (χ3v) is 5.19. The summed E-state index contributed by atoms with van der Waals surface area (Å²) in [6.45, 7) is 5.52. The van der Waals surface area contributed by atoms with Crippen LogP contribution >= 0.6 is 0 Å². The molecule has 1 atom stereocenters. The quantitative estimate of drug-likeness (QED) is 0.806. The van der Waals surface area contributed by atoms with Crippen molar-refractivity contribution in [3.8, 4) is 0 Å². The molecule has 1 aliphatic rings. The van der Waals surface area contributed by atoms with E-state index in [0.29, 0.717) is 6.54 Å². The Hall–Kier alpha value is -2.44. The molecule has 2 amide bonds. The van der Waals surface area contributed by atoms with Crippen LogP contribution in [0, 0.1) is 0 Å². The molecule has 1 unspecified atom stereocenters. The molecule has 0 radical (unpaired) electrons. The first-order chi connectivity index (χ1) is 13.2. The Balaban J connectivity index is 1.72. The maximum atomic E-state index is 13.2. The highest BCUT2D eigenvalue weighted by molar-refractivity contribution is 5.75. The third-order valence-electron chi connectivity index (χ3n) is 5.19. The minimum Gasteiger partial charge on any atom is -0.328 e. The first-order valence-electron chi connectivity index (χ1n) is 10.0. The van der Waals surface area contributed by atoms with E-state index < -0.39 is 0 Å². The molecule has 146 valence electrons. The fraction of sp³-hybridized carbons (Fsp3) is 0.600. The molecule has 0 saturated heterocycles. The lowest BCUT2D eigenvalue weighted by atomic mass is 9.94. The minimum absolute atomic E-state index is 0.0377. The van der Waals surface area contributed by atoms with Gasteiger partial charge in [0.15, 0.2) is 5.82 Å². The lowest BCUT2D eigenvalue weighted by Gasteiger charge is -2.35. The summed E-state index contributed by atoms with van der Waals surface area (Å²) in [6, 6.07) is 4.00. The van der Waals surface area contributed by atoms with Crippen LogP contribution in [0.4, 0.5) is 4.79 Å². The molecule has 7 heteroatoms. The highest BCUT2D eigenvalue weighted by Gasteiger charge is 2.27. The van der Waals surface area contributed by atoms with Gasteiger partial charge in [0, 0.05) is 31.5 Å². The summed E-state index contributed by atoms with van der Waals surface area (Å²) < 4.78 is 2.01. The van der Waals surface area contributed by atoms with E-state index in [1.54, 1.807) is 12.5 Å². The van der Waals surface area contributed by atoms with Crippen molar-refractivity contribution in [2.45, 2.75) is 77.5 Å². The summed E-state index contributed by atoms with van der Waals surface area (Å²) in [5.41, 5.74) is 1.06. The summed E-state index contributed by atoms with van der Waals surface area (Å²) in [4.78, 5) is 19.3. The number of carbonyl (C=O) groups excluding carboxylic acids is 1. The summed E-state index contributed by atoms with van der Waals surface area (Å²) in [5.74, 6) is 0.801. The van der Waals surface area contributed by atoms with Gasteiger partial charge in [-0.1, -0.05) is 32.3 Å². The fourth-order valence-corrected chi connectivity index (χ4v) is 3.79. The van der Waals surface area contributed by atoms with Crippen LogP contribution in [0.25, 0.3) is 0 Å². The lowest BCUT2D eigenvalue weighted by molar-refractivity contribution is 0.148. The van der Waals surface area contributed by atoms with E-state index in [1.165, 1.54) is 19.3 Å². The molecule has 2 aromatic rings. The molecule has 27 heavy (non-hydrogen) atoms. The topological polar surface area (TPSA) is 75.9 Å². The molecular weight excluding hydrogens is 340 g/mol. The van der Waals surface area contributed by atoms with Crippen molar-refractivity contribution in [2.24, 2.45) is 0 Å². The predicted molar refractivity (Wildman–Crippen MR) is 104 cm³/mol. The molecule has 1 fully saturated rings. The second-order valence-electron chi connectivity index (χ2n) is 7.33. The number of urea groups is 1. The Labute approximate surface area is 161 Å². The molecule has 1 saturated carbocycles. The number of nitrogens with one attached hydrogen (secondary N) is 1. The maximum absolute atomic E-state index is 13.2. The Morgan fingerprint density at radius 1 is 1.37 bits per heavy atom. The average Bonchev–Trinajstić information content (AvgIpc) is 3.16. The van der Waals surface area contributed by atoms with Crippen LogP contribution in [0.5, 0.6) is 0 Å². The number of rotatable bonds is 7. The van der Waals surface area contributed by atoms with Gasteiger partial charge in [-0.3, -0.25) is 4.98 Å². The van der Waals surface area contributed by atoms with Crippen molar-refractivity contribution in [3.63, 3.8) is 0 Å². The number of amides is 2.